The van der Waals surface area contributed by atoms with Gasteiger partial charge in [-0.25, -0.2) is 0 Å². The minimum absolute atomic E-state index is 0. The number of carboxylic acids is 8. The topological polar surface area (TPSA) is 568 Å². The molecule has 0 aliphatic carbocycles. The monoisotopic (exact) mass is 2170 g/mol. The Labute approximate surface area is 822 Å². The standard InChI is InChI=1S/C47H65N9O12S2.C9H15N2O6.C8H19N.C4H7O2.C3H6O2.2C2H6O2.2CH3.Eu.2Gd/c1-4-15-54(16-5-2)19-20-68-40-24-38(37(23-39(40)57)52-46(69)50-34-11-7-31(8-12-34)21-33(6-3)48-25-41(58)59)53-47(70)51-35-13-9-32(10-14-35)22-36(49-26-42(60)61)27-55(28-43(62)63)17-18-56(29-44(64)65)30-45(66)67;1-17-9(16)4-10-2-3-11(5-7(12)13)6-8(14)15;1-4-7-9(6-3)8-5-2;1-3-4(5)6-2;1-2-3(4)5;2*3-1-2-4;;;;;/h7-14,23-24,33,36,57H,4-6,15-22,25-30H2,1-3H3,(H,58,59)(H,60,61)(H,62,63)(H,64,65)(H,66,67)(H2,50,52,69)(H2,51,53,70);2-6H2,1H3,(H,12,13)(H,14,15);4-8H2,1-3H3;2-3H2,1H3;2H2,1H3,(H,4,5);2*3-4H,1-2H2;2*1H3;;;/q-2;-1;;-1;;;;2*-1;+2;;+3. The number of hydrogen-bond acceptors (Lipinski definition) is 25. The van der Waals surface area contributed by atoms with Crippen LogP contribution in [-0.4, -0.2) is 337 Å². The van der Waals surface area contributed by atoms with Crippen molar-refractivity contribution in [3.05, 3.63) is 110 Å². The van der Waals surface area contributed by atoms with Crippen molar-refractivity contribution in [2.24, 2.45) is 0 Å². The second kappa shape index (κ2) is 87.6. The Morgan fingerprint density at radius 3 is 1.17 bits per heavy atom. The molecule has 0 saturated carbocycles. The molecule has 2 unspecified atom stereocenters. The Hall–Kier alpha value is -4.91. The first-order chi connectivity index (χ1) is 54.6. The number of esters is 2. The second-order valence-corrected chi connectivity index (χ2v) is 25.3. The molecule has 0 aliphatic heterocycles. The number of benzene rings is 3. The molecule has 2 radical (unpaired) electrons. The van der Waals surface area contributed by atoms with Crippen LogP contribution in [0.3, 0.4) is 0 Å². The van der Waals surface area contributed by atoms with Gasteiger partial charge < -0.3 is 138 Å². The molecular formula is C77H130EuGd2N12O26S2-. The third-order valence-electron chi connectivity index (χ3n) is 14.7. The molecular weight excluding hydrogens is 2040 g/mol. The van der Waals surface area contributed by atoms with Gasteiger partial charge in [-0.2, -0.15) is 7.11 Å². The number of methoxy groups -OCH3 is 1. The maximum absolute atomic E-state index is 11.8. The van der Waals surface area contributed by atoms with Crippen molar-refractivity contribution < 1.29 is 258 Å². The van der Waals surface area contributed by atoms with E-state index in [4.69, 9.17) is 70.0 Å². The second-order valence-electron chi connectivity index (χ2n) is 24.5. The van der Waals surface area contributed by atoms with Gasteiger partial charge in [-0.3, -0.25) is 67.5 Å². The van der Waals surface area contributed by atoms with Gasteiger partial charge in [0.15, 0.2) is 21.7 Å². The van der Waals surface area contributed by atoms with Crippen LogP contribution in [0.25, 0.3) is 16.0 Å². The number of aromatic hydroxyl groups is 1. The van der Waals surface area contributed by atoms with Gasteiger partial charge in [0, 0.05) is 95.9 Å². The van der Waals surface area contributed by atoms with E-state index in [0.29, 0.717) is 55.2 Å². The number of hydrogen-bond donors (Lipinski definition) is 17. The summed E-state index contributed by atoms with van der Waals surface area (Å²) in [7, 11) is 4.14. The molecule has 120 heavy (non-hydrogen) atoms. The Kier molecular flexibility index (Phi) is 97.1. The van der Waals surface area contributed by atoms with Crippen molar-refractivity contribution >= 4 is 117 Å². The van der Waals surface area contributed by atoms with Crippen LogP contribution in [0.5, 0.6) is 11.5 Å². The fraction of sp³-hybridized carbons (Fsp3) is 0.571. The van der Waals surface area contributed by atoms with E-state index < -0.39 is 85.9 Å². The van der Waals surface area contributed by atoms with E-state index >= 15 is 0 Å². The fourth-order valence-electron chi connectivity index (χ4n) is 9.45. The van der Waals surface area contributed by atoms with Gasteiger partial charge in [0.05, 0.1) is 77.6 Å². The summed E-state index contributed by atoms with van der Waals surface area (Å²) in [5.74, 6) is -9.49. The molecule has 38 nitrogen and oxygen atoms in total. The first kappa shape index (κ1) is 133. The van der Waals surface area contributed by atoms with E-state index in [1.165, 1.54) is 55.5 Å². The summed E-state index contributed by atoms with van der Waals surface area (Å²) in [4.78, 5) is 116. The van der Waals surface area contributed by atoms with Gasteiger partial charge in [0.2, 0.25) is 0 Å². The molecule has 3 rings (SSSR count). The average molecular weight is 2170 g/mol. The number of phenolic OH excluding ortho intramolecular Hbond substituents is 1. The maximum atomic E-state index is 11.8. The van der Waals surface area contributed by atoms with Crippen LogP contribution in [0.1, 0.15) is 111 Å². The predicted octanol–water partition coefficient (Wildman–Crippen LogP) is 6.70. The Morgan fingerprint density at radius 1 is 0.467 bits per heavy atom. The number of nitrogens with zero attached hydrogens (tertiary/aromatic N) is 8. The molecule has 17 N–H and O–H groups in total. The van der Waals surface area contributed by atoms with E-state index in [9.17, 15) is 73.5 Å². The van der Waals surface area contributed by atoms with E-state index in [0.717, 1.165) is 42.0 Å². The number of carboxylic acid groups (broad SMARTS) is 8. The zero-order valence-corrected chi connectivity index (χ0v) is 79.2. The van der Waals surface area contributed by atoms with Crippen molar-refractivity contribution in [3.8, 4) is 11.5 Å². The summed E-state index contributed by atoms with van der Waals surface area (Å²) in [5, 5.41) is 138. The van der Waals surface area contributed by atoms with Crippen LogP contribution in [-0.2, 0) is 70.3 Å². The molecule has 0 heterocycles. The normalized spacial score (nSPS) is 10.5. The molecule has 690 valence electrons. The van der Waals surface area contributed by atoms with Crippen LogP contribution in [0, 0.1) is 151 Å². The van der Waals surface area contributed by atoms with Gasteiger partial charge in [0.25, 0.3) is 23.9 Å². The number of rotatable bonds is 52. The largest absolute Gasteiger partial charge is 3.00 e. The van der Waals surface area contributed by atoms with E-state index in [1.807, 2.05) is 31.2 Å². The number of aliphatic hydroxyl groups is 4. The Bertz CT molecular complexity index is 3170. The van der Waals surface area contributed by atoms with E-state index in [2.05, 4.69) is 98.2 Å². The maximum Gasteiger partial charge on any atom is 3.00 e. The molecule has 0 bridgehead atoms. The molecule has 3 aromatic rings. The number of aliphatic hydroxyl groups excluding tert-OH is 4. The summed E-state index contributed by atoms with van der Waals surface area (Å²) >= 11 is 11.4. The van der Waals surface area contributed by atoms with Crippen molar-refractivity contribution in [2.75, 3.05) is 186 Å². The zero-order chi connectivity index (χ0) is 88.1. The fourth-order valence-corrected chi connectivity index (χ4v) is 9.91. The molecule has 0 aliphatic rings. The number of anilines is 4. The Balaban J connectivity index is -0.000000285. The first-order valence-corrected chi connectivity index (χ1v) is 38.0. The molecule has 0 amide bonds. The summed E-state index contributed by atoms with van der Waals surface area (Å²) in [6.45, 7) is 19.2. The molecule has 0 aromatic heterocycles. The zero-order valence-electron chi connectivity index (χ0n) is 70.6. The van der Waals surface area contributed by atoms with Gasteiger partial charge >= 0.3 is 125 Å². The van der Waals surface area contributed by atoms with E-state index in [1.54, 1.807) is 44.2 Å². The van der Waals surface area contributed by atoms with Crippen LogP contribution < -0.4 is 26.0 Å². The third-order valence-corrected chi connectivity index (χ3v) is 15.1. The molecule has 0 fully saturated rings. The Morgan fingerprint density at radius 2 is 0.833 bits per heavy atom. The number of nitrogens with one attached hydrogen (secondary N) is 4. The van der Waals surface area contributed by atoms with Crippen molar-refractivity contribution in [3.63, 3.8) is 0 Å². The number of phenols is 1. The molecule has 3 aromatic carbocycles. The quantitative estimate of drug-likeness (QED) is 0.00918. The number of carbonyl (C=O) groups is 10. The number of carbonyl (C=O) groups excluding carboxylic acids is 2. The third kappa shape index (κ3) is 80.2. The summed E-state index contributed by atoms with van der Waals surface area (Å²) in [6.07, 6.45) is 6.67. The number of thiocarbonyl (C=S) groups is 2. The summed E-state index contributed by atoms with van der Waals surface area (Å²) < 4.78 is 14.4. The van der Waals surface area contributed by atoms with Gasteiger partial charge in [-0.1, -0.05) is 86.1 Å². The number of aliphatic carboxylic acids is 8. The van der Waals surface area contributed by atoms with Gasteiger partial charge in [-0.15, -0.1) is 18.6 Å². The SMILES string of the molecule is CCC(=O)O.CCCN(CC)CCC.CCCN(CCC)CCOc1cc(NC(=S)Nc2ccc(CC(CN(CCN(CC(=O)O)CC(=O)O)CC(=O)O)[N-]CC(=O)O)cc2)c(NC(=S)Nc2ccc(CC(CC)[N-]CC(=O)O)cc2)cc1O.COC(=O)C[N-]CCN(CC(=O)O)CC(=O)O.OCCO.OCCO.[CH2-]OC(=O)CC.[CH3-].[CH3-].[Eu+2].[Gd+3].[Gd]. The van der Waals surface area contributed by atoms with Gasteiger partial charge in [0.1, 0.15) is 6.61 Å². The van der Waals surface area contributed by atoms with Crippen LogP contribution in [0.2, 0.25) is 0 Å². The molecule has 43 heteroatoms. The molecule has 2 atom stereocenters. The van der Waals surface area contributed by atoms with Crippen molar-refractivity contribution in [2.45, 2.75) is 125 Å². The average Bonchev–Trinajstić information content (AvgIpc) is 0.824. The molecule has 0 saturated heterocycles. The minimum atomic E-state index is -1.25. The summed E-state index contributed by atoms with van der Waals surface area (Å²) in [6, 6.07) is 16.8. The van der Waals surface area contributed by atoms with Crippen LogP contribution in [0.4, 0.5) is 22.7 Å². The van der Waals surface area contributed by atoms with E-state index in [-0.39, 0.29) is 276 Å². The van der Waals surface area contributed by atoms with Crippen molar-refractivity contribution in [1.29, 1.82) is 0 Å². The summed E-state index contributed by atoms with van der Waals surface area (Å²) in [5.41, 5.74) is 3.74. The molecule has 0 spiro atoms. The predicted molar refractivity (Wildman–Crippen MR) is 456 cm³/mol. The van der Waals surface area contributed by atoms with Crippen LogP contribution in [0.15, 0.2) is 60.7 Å². The first-order valence-electron chi connectivity index (χ1n) is 37.2. The smallest absolute Gasteiger partial charge is 0.652 e. The van der Waals surface area contributed by atoms with Gasteiger partial charge in [-0.05, 0) is 164 Å². The minimum Gasteiger partial charge on any atom is -0.652 e. The van der Waals surface area contributed by atoms with Crippen molar-refractivity contribution in [1.82, 2.24) is 24.5 Å². The van der Waals surface area contributed by atoms with Crippen LogP contribution >= 0.6 is 24.4 Å². The number of ether oxygens (including phenoxy) is 3.